The Hall–Kier alpha value is -2.86. The van der Waals surface area contributed by atoms with Crippen LogP contribution >= 0.6 is 0 Å². The summed E-state index contributed by atoms with van der Waals surface area (Å²) < 4.78 is 5.22. The highest BCUT2D eigenvalue weighted by Gasteiger charge is 2.14. The SMILES string of the molecule is C=CC(=O)Oc1ccncc1Nc1ccc(N2CCN(C)CC2)cc1. The molecule has 1 aromatic carbocycles. The van der Waals surface area contributed by atoms with E-state index in [9.17, 15) is 4.79 Å². The van der Waals surface area contributed by atoms with Gasteiger partial charge in [0.2, 0.25) is 0 Å². The molecule has 0 aliphatic carbocycles. The molecule has 25 heavy (non-hydrogen) atoms. The average molecular weight is 338 g/mol. The number of rotatable bonds is 5. The van der Waals surface area contributed by atoms with Gasteiger partial charge in [-0.2, -0.15) is 0 Å². The molecule has 0 atom stereocenters. The van der Waals surface area contributed by atoms with Gasteiger partial charge in [-0.3, -0.25) is 4.98 Å². The van der Waals surface area contributed by atoms with Gasteiger partial charge in [0, 0.05) is 55.9 Å². The molecule has 6 heteroatoms. The number of carbonyl (C=O) groups excluding carboxylic acids is 1. The van der Waals surface area contributed by atoms with Crippen LogP contribution in [0.25, 0.3) is 0 Å². The van der Waals surface area contributed by atoms with Gasteiger partial charge in [-0.1, -0.05) is 6.58 Å². The molecule has 0 saturated carbocycles. The van der Waals surface area contributed by atoms with Crippen LogP contribution in [0.2, 0.25) is 0 Å². The number of carbonyl (C=O) groups is 1. The van der Waals surface area contributed by atoms with Crippen LogP contribution < -0.4 is 15.0 Å². The van der Waals surface area contributed by atoms with Crippen molar-refractivity contribution in [2.75, 3.05) is 43.4 Å². The second-order valence-electron chi connectivity index (χ2n) is 5.96. The van der Waals surface area contributed by atoms with Crippen molar-refractivity contribution in [3.05, 3.63) is 55.4 Å². The van der Waals surface area contributed by atoms with Gasteiger partial charge in [0.05, 0.1) is 6.20 Å². The first-order valence-electron chi connectivity index (χ1n) is 8.24. The van der Waals surface area contributed by atoms with E-state index in [1.54, 1.807) is 18.5 Å². The molecule has 1 N–H and O–H groups in total. The monoisotopic (exact) mass is 338 g/mol. The van der Waals surface area contributed by atoms with Crippen molar-refractivity contribution in [3.8, 4) is 5.75 Å². The van der Waals surface area contributed by atoms with Crippen molar-refractivity contribution < 1.29 is 9.53 Å². The molecule has 3 rings (SSSR count). The van der Waals surface area contributed by atoms with Gasteiger partial charge in [0.15, 0.2) is 5.75 Å². The lowest BCUT2D eigenvalue weighted by Crippen LogP contribution is -2.44. The number of piperazine rings is 1. The third-order valence-corrected chi connectivity index (χ3v) is 4.17. The standard InChI is InChI=1S/C19H22N4O2/c1-3-19(24)25-18-8-9-20-14-17(18)21-15-4-6-16(7-5-15)23-12-10-22(2)11-13-23/h3-9,14,21H,1,10-13H2,2H3. The van der Waals surface area contributed by atoms with Crippen molar-refractivity contribution in [1.82, 2.24) is 9.88 Å². The smallest absolute Gasteiger partial charge is 0.335 e. The van der Waals surface area contributed by atoms with E-state index < -0.39 is 5.97 Å². The lowest BCUT2D eigenvalue weighted by molar-refractivity contribution is -0.128. The molecule has 0 spiro atoms. The minimum absolute atomic E-state index is 0.419. The van der Waals surface area contributed by atoms with E-state index in [0.29, 0.717) is 11.4 Å². The predicted molar refractivity (Wildman–Crippen MR) is 99.5 cm³/mol. The Bertz CT molecular complexity index is 737. The fourth-order valence-corrected chi connectivity index (χ4v) is 2.69. The minimum atomic E-state index is -0.500. The maximum absolute atomic E-state index is 11.4. The highest BCUT2D eigenvalue weighted by atomic mass is 16.5. The molecule has 1 aromatic heterocycles. The van der Waals surface area contributed by atoms with Crippen LogP contribution in [0, 0.1) is 0 Å². The molecule has 2 aromatic rings. The molecule has 6 nitrogen and oxygen atoms in total. The zero-order chi connectivity index (χ0) is 17.6. The summed E-state index contributed by atoms with van der Waals surface area (Å²) in [5, 5.41) is 3.24. The molecule has 1 saturated heterocycles. The first-order chi connectivity index (χ1) is 12.2. The molecule has 0 bridgehead atoms. The summed E-state index contributed by atoms with van der Waals surface area (Å²) >= 11 is 0. The maximum Gasteiger partial charge on any atom is 0.335 e. The van der Waals surface area contributed by atoms with Gasteiger partial charge in [-0.25, -0.2) is 4.79 Å². The van der Waals surface area contributed by atoms with Crippen molar-refractivity contribution in [3.63, 3.8) is 0 Å². The van der Waals surface area contributed by atoms with E-state index in [-0.39, 0.29) is 0 Å². The largest absolute Gasteiger partial charge is 0.421 e. The summed E-state index contributed by atoms with van der Waals surface area (Å²) in [5.41, 5.74) is 2.75. The van der Waals surface area contributed by atoms with E-state index >= 15 is 0 Å². The number of aromatic nitrogens is 1. The van der Waals surface area contributed by atoms with E-state index in [4.69, 9.17) is 4.74 Å². The number of likely N-dealkylation sites (N-methyl/N-ethyl adjacent to an activating group) is 1. The number of nitrogens with zero attached hydrogens (tertiary/aromatic N) is 3. The van der Waals surface area contributed by atoms with Gasteiger partial charge in [-0.15, -0.1) is 0 Å². The van der Waals surface area contributed by atoms with Gasteiger partial charge >= 0.3 is 5.97 Å². The Kier molecular flexibility index (Phi) is 5.30. The molecule has 1 aliphatic heterocycles. The Labute approximate surface area is 147 Å². The maximum atomic E-state index is 11.4. The Morgan fingerprint density at radius 3 is 2.60 bits per heavy atom. The second-order valence-corrected chi connectivity index (χ2v) is 5.96. The van der Waals surface area contributed by atoms with Gasteiger partial charge in [0.1, 0.15) is 5.69 Å². The van der Waals surface area contributed by atoms with Crippen LogP contribution in [-0.4, -0.2) is 49.1 Å². The lowest BCUT2D eigenvalue weighted by Gasteiger charge is -2.34. The van der Waals surface area contributed by atoms with Crippen molar-refractivity contribution in [1.29, 1.82) is 0 Å². The molecule has 0 radical (unpaired) electrons. The molecule has 0 amide bonds. The van der Waals surface area contributed by atoms with Crippen LogP contribution in [0.15, 0.2) is 55.4 Å². The summed E-state index contributed by atoms with van der Waals surface area (Å²) in [4.78, 5) is 20.2. The number of hydrogen-bond acceptors (Lipinski definition) is 6. The molecular formula is C19H22N4O2. The van der Waals surface area contributed by atoms with Crippen molar-refractivity contribution in [2.45, 2.75) is 0 Å². The first kappa shape index (κ1) is 17.0. The van der Waals surface area contributed by atoms with Crippen LogP contribution in [0.5, 0.6) is 5.75 Å². The molecular weight excluding hydrogens is 316 g/mol. The normalized spacial score (nSPS) is 14.8. The number of ether oxygens (including phenoxy) is 1. The summed E-state index contributed by atoms with van der Waals surface area (Å²) in [5.74, 6) is -0.0808. The number of pyridine rings is 1. The summed E-state index contributed by atoms with van der Waals surface area (Å²) in [7, 11) is 2.15. The van der Waals surface area contributed by atoms with Crippen LogP contribution in [0.1, 0.15) is 0 Å². The van der Waals surface area contributed by atoms with Gasteiger partial charge in [-0.05, 0) is 31.3 Å². The van der Waals surface area contributed by atoms with E-state index in [1.807, 2.05) is 12.1 Å². The Morgan fingerprint density at radius 2 is 1.92 bits per heavy atom. The van der Waals surface area contributed by atoms with Crippen molar-refractivity contribution in [2.24, 2.45) is 0 Å². The third kappa shape index (κ3) is 4.36. The molecule has 130 valence electrons. The first-order valence-corrected chi connectivity index (χ1v) is 8.24. The van der Waals surface area contributed by atoms with Crippen LogP contribution in [0.3, 0.4) is 0 Å². The number of hydrogen-bond donors (Lipinski definition) is 1. The molecule has 0 unspecified atom stereocenters. The minimum Gasteiger partial charge on any atom is -0.421 e. The zero-order valence-electron chi connectivity index (χ0n) is 14.3. The molecule has 1 aliphatic rings. The number of anilines is 3. The average Bonchev–Trinajstić information content (AvgIpc) is 2.64. The lowest BCUT2D eigenvalue weighted by atomic mass is 10.2. The quantitative estimate of drug-likeness (QED) is 0.668. The second kappa shape index (κ2) is 7.81. The van der Waals surface area contributed by atoms with Crippen LogP contribution in [-0.2, 0) is 4.79 Å². The Balaban J connectivity index is 1.69. The zero-order valence-corrected chi connectivity index (χ0v) is 14.3. The van der Waals surface area contributed by atoms with Crippen molar-refractivity contribution >= 4 is 23.0 Å². The van der Waals surface area contributed by atoms with E-state index in [0.717, 1.165) is 37.9 Å². The molecule has 2 heterocycles. The number of benzene rings is 1. The van der Waals surface area contributed by atoms with E-state index in [2.05, 4.69) is 45.9 Å². The van der Waals surface area contributed by atoms with Gasteiger partial charge < -0.3 is 19.9 Å². The summed E-state index contributed by atoms with van der Waals surface area (Å²) in [6.07, 6.45) is 4.34. The Morgan fingerprint density at radius 1 is 1.20 bits per heavy atom. The highest BCUT2D eigenvalue weighted by Crippen LogP contribution is 2.28. The number of nitrogens with one attached hydrogen (secondary N) is 1. The number of esters is 1. The summed E-state index contributed by atoms with van der Waals surface area (Å²) in [6, 6.07) is 9.86. The fourth-order valence-electron chi connectivity index (χ4n) is 2.69. The fraction of sp³-hybridized carbons (Fsp3) is 0.263. The van der Waals surface area contributed by atoms with Gasteiger partial charge in [0.25, 0.3) is 0 Å². The van der Waals surface area contributed by atoms with Crippen LogP contribution in [0.4, 0.5) is 17.1 Å². The third-order valence-electron chi connectivity index (χ3n) is 4.17. The highest BCUT2D eigenvalue weighted by molar-refractivity contribution is 5.85. The summed E-state index contributed by atoms with van der Waals surface area (Å²) in [6.45, 7) is 7.64. The predicted octanol–water partition coefficient (Wildman–Crippen LogP) is 2.67. The topological polar surface area (TPSA) is 57.7 Å². The molecule has 1 fully saturated rings. The van der Waals surface area contributed by atoms with E-state index in [1.165, 1.54) is 5.69 Å².